The molecule has 1 atom stereocenters. The van der Waals surface area contributed by atoms with Crippen molar-refractivity contribution in [3.63, 3.8) is 0 Å². The van der Waals surface area contributed by atoms with E-state index in [4.69, 9.17) is 0 Å². The molecule has 18 heavy (non-hydrogen) atoms. The maximum absolute atomic E-state index is 11.6. The molecule has 0 bridgehead atoms. The summed E-state index contributed by atoms with van der Waals surface area (Å²) in [6.45, 7) is 3.61. The minimum absolute atomic E-state index is 0.0438. The molecule has 0 saturated carbocycles. The van der Waals surface area contributed by atoms with Gasteiger partial charge in [0, 0.05) is 24.5 Å². The summed E-state index contributed by atoms with van der Waals surface area (Å²) in [5.41, 5.74) is 0. The van der Waals surface area contributed by atoms with Gasteiger partial charge in [-0.05, 0) is 24.5 Å². The molecule has 0 saturated heterocycles. The largest absolute Gasteiger partial charge is 0.550 e. The van der Waals surface area contributed by atoms with Crippen molar-refractivity contribution in [1.82, 2.24) is 4.98 Å². The van der Waals surface area contributed by atoms with Gasteiger partial charge in [0.05, 0.1) is 0 Å². The maximum atomic E-state index is 11.6. The number of hydrogen-bond acceptors (Lipinski definition) is 4. The Bertz CT molecular complexity index is 404. The second-order valence-electron chi connectivity index (χ2n) is 4.47. The SMILES string of the molecule is CC(C)[C@H](CCC(=O)Nc1ccccn1)C(=O)[O-]. The van der Waals surface area contributed by atoms with Gasteiger partial charge in [0.2, 0.25) is 5.91 Å². The van der Waals surface area contributed by atoms with E-state index in [9.17, 15) is 14.7 Å². The molecule has 0 aromatic carbocycles. The van der Waals surface area contributed by atoms with Gasteiger partial charge in [0.25, 0.3) is 0 Å². The third-order valence-electron chi connectivity index (χ3n) is 2.72. The van der Waals surface area contributed by atoms with E-state index in [-0.39, 0.29) is 24.7 Å². The molecule has 0 fully saturated rings. The normalized spacial score (nSPS) is 12.2. The second kappa shape index (κ2) is 6.74. The molecule has 1 heterocycles. The summed E-state index contributed by atoms with van der Waals surface area (Å²) in [6.07, 6.45) is 2.00. The summed E-state index contributed by atoms with van der Waals surface area (Å²) in [4.78, 5) is 26.4. The van der Waals surface area contributed by atoms with Crippen molar-refractivity contribution >= 4 is 17.7 Å². The van der Waals surface area contributed by atoms with Gasteiger partial charge in [-0.3, -0.25) is 4.79 Å². The van der Waals surface area contributed by atoms with E-state index in [1.807, 2.05) is 0 Å². The molecular weight excluding hydrogens is 232 g/mol. The topological polar surface area (TPSA) is 82.1 Å². The van der Waals surface area contributed by atoms with Crippen LogP contribution in [0.2, 0.25) is 0 Å². The molecule has 1 aromatic heterocycles. The lowest BCUT2D eigenvalue weighted by atomic mass is 9.91. The van der Waals surface area contributed by atoms with Crippen LogP contribution in [0.4, 0.5) is 5.82 Å². The first-order valence-corrected chi connectivity index (χ1v) is 5.92. The summed E-state index contributed by atoms with van der Waals surface area (Å²) in [7, 11) is 0. The number of nitrogens with one attached hydrogen (secondary N) is 1. The van der Waals surface area contributed by atoms with Crippen molar-refractivity contribution < 1.29 is 14.7 Å². The van der Waals surface area contributed by atoms with Crippen LogP contribution in [0.25, 0.3) is 0 Å². The molecule has 5 heteroatoms. The third-order valence-corrected chi connectivity index (χ3v) is 2.72. The van der Waals surface area contributed by atoms with Crippen molar-refractivity contribution in [2.24, 2.45) is 11.8 Å². The van der Waals surface area contributed by atoms with E-state index in [1.54, 1.807) is 38.2 Å². The van der Waals surface area contributed by atoms with Crippen molar-refractivity contribution in [3.05, 3.63) is 24.4 Å². The first-order chi connectivity index (χ1) is 8.50. The van der Waals surface area contributed by atoms with Crippen LogP contribution in [0.15, 0.2) is 24.4 Å². The Morgan fingerprint density at radius 1 is 1.39 bits per heavy atom. The predicted octanol–water partition coefficient (Wildman–Crippen LogP) is 0.822. The number of anilines is 1. The molecule has 98 valence electrons. The van der Waals surface area contributed by atoms with E-state index in [0.29, 0.717) is 5.82 Å². The van der Waals surface area contributed by atoms with Gasteiger partial charge in [-0.15, -0.1) is 0 Å². The van der Waals surface area contributed by atoms with Gasteiger partial charge in [-0.2, -0.15) is 0 Å². The molecule has 1 N–H and O–H groups in total. The zero-order chi connectivity index (χ0) is 13.5. The van der Waals surface area contributed by atoms with E-state index < -0.39 is 11.9 Å². The molecule has 0 unspecified atom stereocenters. The number of amides is 1. The highest BCUT2D eigenvalue weighted by atomic mass is 16.4. The van der Waals surface area contributed by atoms with Crippen LogP contribution >= 0.6 is 0 Å². The monoisotopic (exact) mass is 249 g/mol. The average molecular weight is 249 g/mol. The Morgan fingerprint density at radius 3 is 2.61 bits per heavy atom. The first-order valence-electron chi connectivity index (χ1n) is 5.92. The van der Waals surface area contributed by atoms with Crippen LogP contribution in [-0.2, 0) is 9.59 Å². The summed E-state index contributed by atoms with van der Waals surface area (Å²) in [5.74, 6) is -1.51. The Balaban J connectivity index is 2.44. The van der Waals surface area contributed by atoms with E-state index in [1.165, 1.54) is 0 Å². The number of pyridine rings is 1. The van der Waals surface area contributed by atoms with Gasteiger partial charge in [-0.25, -0.2) is 4.98 Å². The Morgan fingerprint density at radius 2 is 2.11 bits per heavy atom. The number of carboxylic acid groups (broad SMARTS) is 1. The van der Waals surface area contributed by atoms with Gasteiger partial charge >= 0.3 is 0 Å². The Hall–Kier alpha value is -1.91. The second-order valence-corrected chi connectivity index (χ2v) is 4.47. The van der Waals surface area contributed by atoms with Crippen LogP contribution in [0.1, 0.15) is 26.7 Å². The number of carbonyl (C=O) groups excluding carboxylic acids is 2. The van der Waals surface area contributed by atoms with Crippen LogP contribution in [0.3, 0.4) is 0 Å². The smallest absolute Gasteiger partial charge is 0.225 e. The van der Waals surface area contributed by atoms with E-state index in [0.717, 1.165) is 0 Å². The molecule has 0 spiro atoms. The van der Waals surface area contributed by atoms with Crippen LogP contribution < -0.4 is 10.4 Å². The van der Waals surface area contributed by atoms with Crippen molar-refractivity contribution in [1.29, 1.82) is 0 Å². The first kappa shape index (κ1) is 14.2. The van der Waals surface area contributed by atoms with Crippen molar-refractivity contribution in [2.75, 3.05) is 5.32 Å². The van der Waals surface area contributed by atoms with Gasteiger partial charge in [0.15, 0.2) is 0 Å². The summed E-state index contributed by atoms with van der Waals surface area (Å²) in [6, 6.07) is 5.19. The fourth-order valence-electron chi connectivity index (χ4n) is 1.65. The van der Waals surface area contributed by atoms with Gasteiger partial charge in [-0.1, -0.05) is 19.9 Å². The Labute approximate surface area is 106 Å². The summed E-state index contributed by atoms with van der Waals surface area (Å²) < 4.78 is 0. The predicted molar refractivity (Wildman–Crippen MR) is 65.4 cm³/mol. The summed E-state index contributed by atoms with van der Waals surface area (Å²) >= 11 is 0. The van der Waals surface area contributed by atoms with Crippen LogP contribution in [0, 0.1) is 11.8 Å². The fraction of sp³-hybridized carbons (Fsp3) is 0.462. The third kappa shape index (κ3) is 4.53. The quantitative estimate of drug-likeness (QED) is 0.809. The molecule has 1 rings (SSSR count). The number of aromatic nitrogens is 1. The molecular formula is C13H17N2O3-. The molecule has 0 aliphatic carbocycles. The highest BCUT2D eigenvalue weighted by molar-refractivity contribution is 5.89. The van der Waals surface area contributed by atoms with E-state index in [2.05, 4.69) is 10.3 Å². The molecule has 0 aliphatic heterocycles. The number of nitrogens with zero attached hydrogens (tertiary/aromatic N) is 1. The van der Waals surface area contributed by atoms with Crippen LogP contribution in [0.5, 0.6) is 0 Å². The molecule has 0 radical (unpaired) electrons. The highest BCUT2D eigenvalue weighted by Gasteiger charge is 2.16. The molecule has 1 amide bonds. The maximum Gasteiger partial charge on any atom is 0.225 e. The van der Waals surface area contributed by atoms with Gasteiger partial charge < -0.3 is 15.2 Å². The summed E-state index contributed by atoms with van der Waals surface area (Å²) in [5, 5.41) is 13.5. The minimum Gasteiger partial charge on any atom is -0.550 e. The number of rotatable bonds is 6. The highest BCUT2D eigenvalue weighted by Crippen LogP contribution is 2.16. The number of carboxylic acids is 1. The lowest BCUT2D eigenvalue weighted by molar-refractivity contribution is -0.313. The van der Waals surface area contributed by atoms with E-state index >= 15 is 0 Å². The zero-order valence-corrected chi connectivity index (χ0v) is 10.6. The number of hydrogen-bond donors (Lipinski definition) is 1. The van der Waals surface area contributed by atoms with Crippen molar-refractivity contribution in [2.45, 2.75) is 26.7 Å². The van der Waals surface area contributed by atoms with Crippen molar-refractivity contribution in [3.8, 4) is 0 Å². The van der Waals surface area contributed by atoms with Crippen LogP contribution in [-0.4, -0.2) is 16.9 Å². The fourth-order valence-corrected chi connectivity index (χ4v) is 1.65. The molecule has 0 aliphatic rings. The average Bonchev–Trinajstić information content (AvgIpc) is 2.29. The lowest BCUT2D eigenvalue weighted by Crippen LogP contribution is -2.35. The van der Waals surface area contributed by atoms with Gasteiger partial charge in [0.1, 0.15) is 5.82 Å². The standard InChI is InChI=1S/C13H18N2O3/c1-9(2)10(13(17)18)6-7-12(16)15-11-5-3-4-8-14-11/h3-5,8-10H,6-7H2,1-2H3,(H,17,18)(H,14,15,16)/p-1/t10-/m0/s1. The Kier molecular flexibility index (Phi) is 5.30. The molecule has 5 nitrogen and oxygen atoms in total. The minimum atomic E-state index is -1.10. The molecule has 1 aromatic rings. The number of carbonyl (C=O) groups is 2. The lowest BCUT2D eigenvalue weighted by Gasteiger charge is -2.21. The zero-order valence-electron chi connectivity index (χ0n) is 10.6. The number of aliphatic carboxylic acids is 1.